The van der Waals surface area contributed by atoms with Crippen LogP contribution >= 0.6 is 0 Å². The molecule has 0 saturated heterocycles. The number of halogens is 3. The van der Waals surface area contributed by atoms with Gasteiger partial charge in [0.1, 0.15) is 0 Å². The Morgan fingerprint density at radius 2 is 1.86 bits per heavy atom. The molecule has 2 rings (SSSR count). The van der Waals surface area contributed by atoms with E-state index in [4.69, 9.17) is 14.3 Å². The summed E-state index contributed by atoms with van der Waals surface area (Å²) < 4.78 is 48.4. The fraction of sp³-hybridized carbons (Fsp3) is 0.300. The number of hydrogen-bond donors (Lipinski definition) is 1. The van der Waals surface area contributed by atoms with Crippen molar-refractivity contribution in [3.8, 4) is 11.5 Å². The lowest BCUT2D eigenvalue weighted by atomic mass is 10.2. The molecule has 0 aliphatic rings. The summed E-state index contributed by atoms with van der Waals surface area (Å²) in [4.78, 5) is 16.7. The van der Waals surface area contributed by atoms with E-state index in [1.807, 2.05) is 6.92 Å². The van der Waals surface area contributed by atoms with Gasteiger partial charge in [-0.05, 0) is 48.9 Å². The van der Waals surface area contributed by atoms with E-state index in [0.29, 0.717) is 23.7 Å². The molecule has 0 radical (unpaired) electrons. The number of methoxy groups -OCH3 is 1. The van der Waals surface area contributed by atoms with Crippen LogP contribution in [0.3, 0.4) is 0 Å². The Bertz CT molecular complexity index is 837. The Balaban J connectivity index is 1.84. The number of carbonyl (C=O) groups is 1. The van der Waals surface area contributed by atoms with Crippen molar-refractivity contribution in [2.45, 2.75) is 19.5 Å². The molecule has 6 nitrogen and oxygen atoms in total. The Labute approximate surface area is 166 Å². The molecule has 1 N–H and O–H groups in total. The second-order valence-electron chi connectivity index (χ2n) is 5.89. The van der Waals surface area contributed by atoms with E-state index in [9.17, 15) is 18.0 Å². The summed E-state index contributed by atoms with van der Waals surface area (Å²) in [6.45, 7) is 2.17. The maximum Gasteiger partial charge on any atom is 0.416 e. The molecule has 2 aromatic rings. The van der Waals surface area contributed by atoms with Crippen LogP contribution in [0.15, 0.2) is 47.6 Å². The molecule has 1 amide bonds. The molecular weight excluding hydrogens is 389 g/mol. The van der Waals surface area contributed by atoms with Gasteiger partial charge in [-0.3, -0.25) is 4.79 Å². The van der Waals surface area contributed by atoms with Gasteiger partial charge in [-0.1, -0.05) is 12.1 Å². The summed E-state index contributed by atoms with van der Waals surface area (Å²) in [7, 11) is 1.52. The van der Waals surface area contributed by atoms with E-state index in [1.54, 1.807) is 18.2 Å². The molecular formula is C20H21F3N2O4. The third-order valence-electron chi connectivity index (χ3n) is 3.62. The minimum atomic E-state index is -4.43. The van der Waals surface area contributed by atoms with Crippen molar-refractivity contribution < 1.29 is 32.3 Å². The van der Waals surface area contributed by atoms with Gasteiger partial charge in [-0.15, -0.1) is 0 Å². The molecule has 0 saturated carbocycles. The summed E-state index contributed by atoms with van der Waals surface area (Å²) in [6.07, 6.45) is -2.16. The maximum atomic E-state index is 12.5. The van der Waals surface area contributed by atoms with Gasteiger partial charge in [0.15, 0.2) is 18.1 Å². The fourth-order valence-electron chi connectivity index (χ4n) is 2.23. The summed E-state index contributed by atoms with van der Waals surface area (Å²) in [5.41, 5.74) is 0.106. The standard InChI is InChI=1S/C20H21F3N2O4/c1-3-10-28-17-9-4-14(11-18(17)27-2)12-24-29-13-19(26)25-16-7-5-15(6-8-16)20(21,22)23/h4-9,11-12H,3,10,13H2,1-2H3,(H,25,26)/b24-12-. The molecule has 0 atom stereocenters. The lowest BCUT2D eigenvalue weighted by molar-refractivity contribution is -0.137. The van der Waals surface area contributed by atoms with Gasteiger partial charge < -0.3 is 19.6 Å². The first kappa shape index (κ1) is 22.1. The summed E-state index contributed by atoms with van der Waals surface area (Å²) in [5.74, 6) is 0.605. The Morgan fingerprint density at radius 3 is 2.48 bits per heavy atom. The topological polar surface area (TPSA) is 69.2 Å². The van der Waals surface area contributed by atoms with Crippen molar-refractivity contribution >= 4 is 17.8 Å². The molecule has 0 aliphatic heterocycles. The molecule has 2 aromatic carbocycles. The number of amides is 1. The van der Waals surface area contributed by atoms with Crippen LogP contribution in [-0.2, 0) is 15.8 Å². The lowest BCUT2D eigenvalue weighted by Crippen LogP contribution is -2.17. The highest BCUT2D eigenvalue weighted by atomic mass is 19.4. The highest BCUT2D eigenvalue weighted by molar-refractivity contribution is 5.91. The van der Waals surface area contributed by atoms with Gasteiger partial charge >= 0.3 is 6.18 Å². The van der Waals surface area contributed by atoms with Gasteiger partial charge in [0.05, 0.1) is 25.5 Å². The van der Waals surface area contributed by atoms with Gasteiger partial charge in [0, 0.05) is 11.3 Å². The normalized spacial score (nSPS) is 11.3. The fourth-order valence-corrected chi connectivity index (χ4v) is 2.23. The molecule has 0 fully saturated rings. The molecule has 9 heteroatoms. The average molecular weight is 410 g/mol. The van der Waals surface area contributed by atoms with Crippen molar-refractivity contribution in [3.05, 3.63) is 53.6 Å². The molecule has 0 aliphatic carbocycles. The van der Waals surface area contributed by atoms with Gasteiger partial charge in [-0.2, -0.15) is 13.2 Å². The predicted octanol–water partition coefficient (Wildman–Crippen LogP) is 4.49. The third kappa shape index (κ3) is 7.02. The summed E-state index contributed by atoms with van der Waals surface area (Å²) in [6, 6.07) is 9.30. The van der Waals surface area contributed by atoms with E-state index in [1.165, 1.54) is 25.5 Å². The highest BCUT2D eigenvalue weighted by Crippen LogP contribution is 2.30. The molecule has 0 spiro atoms. The quantitative estimate of drug-likeness (QED) is 0.489. The van der Waals surface area contributed by atoms with Gasteiger partial charge in [0.2, 0.25) is 0 Å². The van der Waals surface area contributed by atoms with Crippen LogP contribution < -0.4 is 14.8 Å². The van der Waals surface area contributed by atoms with Crippen LogP contribution in [0.1, 0.15) is 24.5 Å². The molecule has 156 valence electrons. The van der Waals surface area contributed by atoms with Crippen molar-refractivity contribution in [2.75, 3.05) is 25.6 Å². The minimum absolute atomic E-state index is 0.225. The maximum absolute atomic E-state index is 12.5. The molecule has 0 heterocycles. The van der Waals surface area contributed by atoms with Crippen LogP contribution in [-0.4, -0.2) is 32.4 Å². The number of benzene rings is 2. The number of alkyl halides is 3. The number of carbonyl (C=O) groups excluding carboxylic acids is 1. The summed E-state index contributed by atoms with van der Waals surface area (Å²) >= 11 is 0. The van der Waals surface area contributed by atoms with Crippen molar-refractivity contribution in [1.82, 2.24) is 0 Å². The van der Waals surface area contributed by atoms with E-state index in [-0.39, 0.29) is 5.69 Å². The van der Waals surface area contributed by atoms with E-state index in [2.05, 4.69) is 10.5 Å². The van der Waals surface area contributed by atoms with Crippen LogP contribution in [0.25, 0.3) is 0 Å². The Kier molecular flexibility index (Phi) is 7.88. The molecule has 0 unspecified atom stereocenters. The van der Waals surface area contributed by atoms with Crippen LogP contribution in [0.5, 0.6) is 11.5 Å². The number of rotatable bonds is 9. The SMILES string of the molecule is CCCOc1ccc(/C=N\OCC(=O)Nc2ccc(C(F)(F)F)cc2)cc1OC. The first-order valence-corrected chi connectivity index (χ1v) is 8.76. The second-order valence-corrected chi connectivity index (χ2v) is 5.89. The zero-order valence-electron chi connectivity index (χ0n) is 16.0. The zero-order valence-corrected chi connectivity index (χ0v) is 16.0. The Morgan fingerprint density at radius 1 is 1.14 bits per heavy atom. The number of nitrogens with zero attached hydrogens (tertiary/aromatic N) is 1. The average Bonchev–Trinajstić information content (AvgIpc) is 2.69. The number of anilines is 1. The number of hydrogen-bond acceptors (Lipinski definition) is 5. The van der Waals surface area contributed by atoms with Crippen molar-refractivity contribution in [2.24, 2.45) is 5.16 Å². The van der Waals surface area contributed by atoms with E-state index < -0.39 is 24.3 Å². The second kappa shape index (κ2) is 10.4. The van der Waals surface area contributed by atoms with Crippen LogP contribution in [0, 0.1) is 0 Å². The smallest absolute Gasteiger partial charge is 0.416 e. The van der Waals surface area contributed by atoms with Gasteiger partial charge in [-0.25, -0.2) is 0 Å². The zero-order chi connectivity index (χ0) is 21.3. The largest absolute Gasteiger partial charge is 0.493 e. The van der Waals surface area contributed by atoms with Gasteiger partial charge in [0.25, 0.3) is 5.91 Å². The first-order chi connectivity index (χ1) is 13.8. The third-order valence-corrected chi connectivity index (χ3v) is 3.62. The molecule has 29 heavy (non-hydrogen) atoms. The molecule has 0 bridgehead atoms. The Hall–Kier alpha value is -3.23. The number of ether oxygens (including phenoxy) is 2. The van der Waals surface area contributed by atoms with Crippen molar-refractivity contribution in [3.63, 3.8) is 0 Å². The predicted molar refractivity (Wildman–Crippen MR) is 102 cm³/mol. The number of oxime groups is 1. The highest BCUT2D eigenvalue weighted by Gasteiger charge is 2.29. The van der Waals surface area contributed by atoms with Crippen LogP contribution in [0.2, 0.25) is 0 Å². The first-order valence-electron chi connectivity index (χ1n) is 8.76. The number of nitrogens with one attached hydrogen (secondary N) is 1. The monoisotopic (exact) mass is 410 g/mol. The van der Waals surface area contributed by atoms with Crippen molar-refractivity contribution in [1.29, 1.82) is 0 Å². The molecule has 0 aromatic heterocycles. The van der Waals surface area contributed by atoms with E-state index in [0.717, 1.165) is 18.6 Å². The minimum Gasteiger partial charge on any atom is -0.493 e. The lowest BCUT2D eigenvalue weighted by Gasteiger charge is -2.10. The summed E-state index contributed by atoms with van der Waals surface area (Å²) in [5, 5.41) is 6.13. The van der Waals surface area contributed by atoms with E-state index >= 15 is 0 Å². The van der Waals surface area contributed by atoms with Crippen LogP contribution in [0.4, 0.5) is 18.9 Å².